The summed E-state index contributed by atoms with van der Waals surface area (Å²) < 4.78 is 11.2. The molecule has 2 rings (SSSR count). The Morgan fingerprint density at radius 3 is 2.67 bits per heavy atom. The van der Waals surface area contributed by atoms with Crippen LogP contribution in [-0.4, -0.2) is 51.4 Å². The van der Waals surface area contributed by atoms with Gasteiger partial charge >= 0.3 is 0 Å². The van der Waals surface area contributed by atoms with Crippen molar-refractivity contribution in [3.05, 3.63) is 65.4 Å². The molecule has 2 aromatic rings. The van der Waals surface area contributed by atoms with Gasteiger partial charge in [-0.1, -0.05) is 18.2 Å². The molecule has 4 N–H and O–H groups in total. The van der Waals surface area contributed by atoms with Crippen LogP contribution in [0.1, 0.15) is 34.5 Å². The van der Waals surface area contributed by atoms with Crippen molar-refractivity contribution in [1.29, 1.82) is 5.41 Å². The molecule has 0 aliphatic heterocycles. The quantitative estimate of drug-likeness (QED) is 0.523. The zero-order valence-corrected chi connectivity index (χ0v) is 17.9. The minimum absolute atomic E-state index is 0.219. The van der Waals surface area contributed by atoms with E-state index < -0.39 is 0 Å². The number of methoxy groups -OCH3 is 1. The minimum atomic E-state index is -0.246. The van der Waals surface area contributed by atoms with Crippen molar-refractivity contribution in [3.63, 3.8) is 0 Å². The number of hydrogen-bond donors (Lipinski definition) is 3. The van der Waals surface area contributed by atoms with Gasteiger partial charge in [-0.3, -0.25) is 4.79 Å². The molecule has 1 unspecified atom stereocenters. The maximum atomic E-state index is 13.0. The van der Waals surface area contributed by atoms with E-state index in [4.69, 9.17) is 20.6 Å². The lowest BCUT2D eigenvalue weighted by Crippen LogP contribution is -2.27. The van der Waals surface area contributed by atoms with Crippen molar-refractivity contribution < 1.29 is 14.3 Å². The second-order valence-electron chi connectivity index (χ2n) is 7.10. The SMILES string of the molecule is COc1cccc(C(C)NC(=O)c2ccc(/C(C=N)=C/N)cc2OCCN(C)C)c1. The number of rotatable bonds is 10. The van der Waals surface area contributed by atoms with Crippen LogP contribution in [0.4, 0.5) is 0 Å². The van der Waals surface area contributed by atoms with Crippen LogP contribution in [0.2, 0.25) is 0 Å². The molecule has 160 valence electrons. The first kappa shape index (κ1) is 23.0. The van der Waals surface area contributed by atoms with E-state index in [9.17, 15) is 4.79 Å². The Kier molecular flexibility index (Phi) is 8.43. The lowest BCUT2D eigenvalue weighted by Gasteiger charge is -2.18. The molecule has 1 amide bonds. The molecule has 30 heavy (non-hydrogen) atoms. The predicted molar refractivity (Wildman–Crippen MR) is 120 cm³/mol. The largest absolute Gasteiger partial charge is 0.497 e. The van der Waals surface area contributed by atoms with E-state index in [2.05, 4.69) is 5.32 Å². The Bertz CT molecular complexity index is 909. The van der Waals surface area contributed by atoms with Gasteiger partial charge in [-0.2, -0.15) is 0 Å². The Hall–Kier alpha value is -3.32. The molecule has 0 radical (unpaired) electrons. The molecule has 0 fully saturated rings. The summed E-state index contributed by atoms with van der Waals surface area (Å²) in [6, 6.07) is 12.6. The van der Waals surface area contributed by atoms with E-state index in [1.807, 2.05) is 50.2 Å². The second kappa shape index (κ2) is 11.0. The number of nitrogens with zero attached hydrogens (tertiary/aromatic N) is 1. The van der Waals surface area contributed by atoms with Crippen molar-refractivity contribution in [2.24, 2.45) is 5.73 Å². The Morgan fingerprint density at radius 1 is 1.27 bits per heavy atom. The van der Waals surface area contributed by atoms with Gasteiger partial charge in [0.25, 0.3) is 5.91 Å². The highest BCUT2D eigenvalue weighted by Crippen LogP contribution is 2.26. The fraction of sp³-hybridized carbons (Fsp3) is 0.304. The highest BCUT2D eigenvalue weighted by atomic mass is 16.5. The first-order valence-corrected chi connectivity index (χ1v) is 9.68. The van der Waals surface area contributed by atoms with E-state index in [0.717, 1.165) is 11.3 Å². The fourth-order valence-electron chi connectivity index (χ4n) is 2.84. The Balaban J connectivity index is 2.27. The predicted octanol–water partition coefficient (Wildman–Crippen LogP) is 3.08. The number of allylic oxidation sites excluding steroid dienone is 1. The van der Waals surface area contributed by atoms with Crippen LogP contribution < -0.4 is 20.5 Å². The Morgan fingerprint density at radius 2 is 2.03 bits per heavy atom. The van der Waals surface area contributed by atoms with E-state index in [0.29, 0.717) is 35.6 Å². The highest BCUT2D eigenvalue weighted by Gasteiger charge is 2.17. The first-order valence-electron chi connectivity index (χ1n) is 9.68. The van der Waals surface area contributed by atoms with Gasteiger partial charge in [0.05, 0.1) is 18.7 Å². The molecule has 0 heterocycles. The van der Waals surface area contributed by atoms with Crippen LogP contribution in [0.5, 0.6) is 11.5 Å². The van der Waals surface area contributed by atoms with Gasteiger partial charge in [-0.25, -0.2) is 0 Å². The van der Waals surface area contributed by atoms with Gasteiger partial charge in [0.15, 0.2) is 0 Å². The summed E-state index contributed by atoms with van der Waals surface area (Å²) >= 11 is 0. The molecule has 7 heteroatoms. The summed E-state index contributed by atoms with van der Waals surface area (Å²) in [6.07, 6.45) is 2.53. The maximum Gasteiger partial charge on any atom is 0.255 e. The van der Waals surface area contributed by atoms with Crippen molar-refractivity contribution >= 4 is 17.7 Å². The third-order valence-electron chi connectivity index (χ3n) is 4.63. The van der Waals surface area contributed by atoms with Gasteiger partial charge in [0, 0.05) is 24.5 Å². The van der Waals surface area contributed by atoms with E-state index in [1.165, 1.54) is 12.4 Å². The molecular formula is C23H30N4O3. The maximum absolute atomic E-state index is 13.0. The summed E-state index contributed by atoms with van der Waals surface area (Å²) in [7, 11) is 5.51. The van der Waals surface area contributed by atoms with Crippen LogP contribution in [0.3, 0.4) is 0 Å². The number of ether oxygens (including phenoxy) is 2. The third kappa shape index (κ3) is 6.09. The average Bonchev–Trinajstić information content (AvgIpc) is 2.74. The fourth-order valence-corrected chi connectivity index (χ4v) is 2.84. The van der Waals surface area contributed by atoms with Crippen LogP contribution >= 0.6 is 0 Å². The first-order chi connectivity index (χ1) is 14.4. The molecule has 1 atom stereocenters. The molecule has 7 nitrogen and oxygen atoms in total. The molecule has 0 aliphatic carbocycles. The number of hydrogen-bond acceptors (Lipinski definition) is 6. The van der Waals surface area contributed by atoms with Crippen molar-refractivity contribution in [2.45, 2.75) is 13.0 Å². The monoisotopic (exact) mass is 410 g/mol. The molecule has 0 spiro atoms. The van der Waals surface area contributed by atoms with Crippen molar-refractivity contribution in [3.8, 4) is 11.5 Å². The molecule has 0 saturated carbocycles. The molecule has 0 bridgehead atoms. The second-order valence-corrected chi connectivity index (χ2v) is 7.10. The van der Waals surface area contributed by atoms with Crippen LogP contribution in [0.15, 0.2) is 48.7 Å². The molecule has 0 aliphatic rings. The normalized spacial score (nSPS) is 12.4. The van der Waals surface area contributed by atoms with E-state index in [-0.39, 0.29) is 11.9 Å². The standard InChI is InChI=1S/C23H30N4O3/c1-16(17-6-5-7-20(12-17)29-4)26-23(28)21-9-8-18(19(14-24)15-25)13-22(21)30-11-10-27(2)3/h5-9,12-16,24H,10-11,25H2,1-4H3,(H,26,28)/b19-15+,24-14?. The summed E-state index contributed by atoms with van der Waals surface area (Å²) in [5, 5.41) is 10.5. The zero-order valence-electron chi connectivity index (χ0n) is 17.9. The molecular weight excluding hydrogens is 380 g/mol. The number of benzene rings is 2. The smallest absolute Gasteiger partial charge is 0.255 e. The summed E-state index contributed by atoms with van der Waals surface area (Å²) in [4.78, 5) is 15.0. The third-order valence-corrected chi connectivity index (χ3v) is 4.63. The Labute approximate surface area is 178 Å². The topological polar surface area (TPSA) is 101 Å². The van der Waals surface area contributed by atoms with E-state index in [1.54, 1.807) is 25.3 Å². The zero-order chi connectivity index (χ0) is 22.1. The van der Waals surface area contributed by atoms with Gasteiger partial charge < -0.3 is 30.8 Å². The number of amides is 1. The van der Waals surface area contributed by atoms with E-state index >= 15 is 0 Å². The van der Waals surface area contributed by atoms with Crippen molar-refractivity contribution in [2.75, 3.05) is 34.4 Å². The number of likely N-dealkylation sites (N-methyl/N-ethyl adjacent to an activating group) is 1. The summed E-state index contributed by atoms with van der Waals surface area (Å²) in [6.45, 7) is 3.04. The van der Waals surface area contributed by atoms with Crippen LogP contribution in [-0.2, 0) is 0 Å². The molecule has 0 aromatic heterocycles. The van der Waals surface area contributed by atoms with Gasteiger partial charge in [0.1, 0.15) is 18.1 Å². The minimum Gasteiger partial charge on any atom is -0.497 e. The highest BCUT2D eigenvalue weighted by molar-refractivity contribution is 6.08. The summed E-state index contributed by atoms with van der Waals surface area (Å²) in [5.41, 5.74) is 8.23. The number of nitrogens with one attached hydrogen (secondary N) is 2. The van der Waals surface area contributed by atoms with Crippen LogP contribution in [0.25, 0.3) is 5.57 Å². The number of carbonyl (C=O) groups is 1. The van der Waals surface area contributed by atoms with Crippen LogP contribution in [0, 0.1) is 5.41 Å². The van der Waals surface area contributed by atoms with Gasteiger partial charge in [0.2, 0.25) is 0 Å². The lowest BCUT2D eigenvalue weighted by atomic mass is 10.0. The molecule has 0 saturated heterocycles. The lowest BCUT2D eigenvalue weighted by molar-refractivity contribution is 0.0935. The van der Waals surface area contributed by atoms with Gasteiger partial charge in [-0.15, -0.1) is 0 Å². The number of carbonyl (C=O) groups excluding carboxylic acids is 1. The number of nitrogens with two attached hydrogens (primary N) is 1. The average molecular weight is 411 g/mol. The van der Waals surface area contributed by atoms with Gasteiger partial charge in [-0.05, 0) is 56.4 Å². The van der Waals surface area contributed by atoms with Crippen molar-refractivity contribution in [1.82, 2.24) is 10.2 Å². The molecule has 2 aromatic carbocycles. The summed E-state index contributed by atoms with van der Waals surface area (Å²) in [5.74, 6) is 0.939.